The van der Waals surface area contributed by atoms with Gasteiger partial charge in [0.2, 0.25) is 5.91 Å². The van der Waals surface area contributed by atoms with Gasteiger partial charge in [-0.3, -0.25) is 4.79 Å². The van der Waals surface area contributed by atoms with Crippen LogP contribution in [-0.4, -0.2) is 18.5 Å². The summed E-state index contributed by atoms with van der Waals surface area (Å²) < 4.78 is 0. The smallest absolute Gasteiger partial charge is 0.221 e. The van der Waals surface area contributed by atoms with Crippen LogP contribution in [0.25, 0.3) is 0 Å². The average Bonchev–Trinajstić information content (AvgIpc) is 2.28. The minimum Gasteiger partial charge on any atom is -0.354 e. The van der Waals surface area contributed by atoms with E-state index in [0.29, 0.717) is 13.0 Å². The molecule has 1 amide bonds. The molecule has 1 aromatic carbocycles. The van der Waals surface area contributed by atoms with Crippen molar-refractivity contribution in [2.24, 2.45) is 0 Å². The normalized spacial score (nSPS) is 12.5. The molecular weight excluding hydrogens is 248 g/mol. The third-order valence-corrected chi connectivity index (χ3v) is 2.97. The highest BCUT2D eigenvalue weighted by atomic mass is 35.5. The third kappa shape index (κ3) is 5.07. The van der Waals surface area contributed by atoms with E-state index < -0.39 is 0 Å². The Kier molecular flexibility index (Phi) is 6.16. The van der Waals surface area contributed by atoms with Gasteiger partial charge in [-0.2, -0.15) is 0 Å². The number of hydrogen-bond acceptors (Lipinski definition) is 2. The second-order valence-electron chi connectivity index (χ2n) is 4.67. The highest BCUT2D eigenvalue weighted by molar-refractivity contribution is 6.31. The molecule has 0 saturated carbocycles. The van der Waals surface area contributed by atoms with E-state index in [1.54, 1.807) is 0 Å². The standard InChI is InChI=1S/C14H21ClN2O/c1-10(2)17-14(18)8-9-16-11(3)12-6-4-5-7-13(12)15/h4-7,10-11,16H,8-9H2,1-3H3,(H,17,18)/t11-/m0/s1. The van der Waals surface area contributed by atoms with Gasteiger partial charge in [0.05, 0.1) is 0 Å². The third-order valence-electron chi connectivity index (χ3n) is 2.62. The molecule has 1 aromatic rings. The summed E-state index contributed by atoms with van der Waals surface area (Å²) in [5, 5.41) is 6.92. The Morgan fingerprint density at radius 1 is 1.28 bits per heavy atom. The summed E-state index contributed by atoms with van der Waals surface area (Å²) in [5.41, 5.74) is 1.06. The van der Waals surface area contributed by atoms with Gasteiger partial charge in [0.15, 0.2) is 0 Å². The molecule has 1 rings (SSSR count). The van der Waals surface area contributed by atoms with Gasteiger partial charge in [-0.25, -0.2) is 0 Å². The molecule has 0 bridgehead atoms. The summed E-state index contributed by atoms with van der Waals surface area (Å²) >= 11 is 6.11. The molecule has 3 nitrogen and oxygen atoms in total. The number of rotatable bonds is 6. The highest BCUT2D eigenvalue weighted by Crippen LogP contribution is 2.21. The van der Waals surface area contributed by atoms with Crippen molar-refractivity contribution in [3.8, 4) is 0 Å². The van der Waals surface area contributed by atoms with E-state index in [2.05, 4.69) is 10.6 Å². The second-order valence-corrected chi connectivity index (χ2v) is 5.08. The first-order valence-corrected chi connectivity index (χ1v) is 6.65. The maximum Gasteiger partial charge on any atom is 0.221 e. The number of nitrogens with one attached hydrogen (secondary N) is 2. The first-order valence-electron chi connectivity index (χ1n) is 6.28. The molecule has 0 fully saturated rings. The van der Waals surface area contributed by atoms with Crippen molar-refractivity contribution in [2.45, 2.75) is 39.3 Å². The van der Waals surface area contributed by atoms with Crippen LogP contribution in [0.1, 0.15) is 38.8 Å². The van der Waals surface area contributed by atoms with Gasteiger partial charge >= 0.3 is 0 Å². The lowest BCUT2D eigenvalue weighted by Crippen LogP contribution is -2.33. The van der Waals surface area contributed by atoms with Gasteiger partial charge in [0.1, 0.15) is 0 Å². The Morgan fingerprint density at radius 2 is 1.94 bits per heavy atom. The first-order chi connectivity index (χ1) is 8.50. The van der Waals surface area contributed by atoms with Gasteiger partial charge in [0, 0.05) is 30.1 Å². The van der Waals surface area contributed by atoms with E-state index in [-0.39, 0.29) is 18.0 Å². The number of hydrogen-bond donors (Lipinski definition) is 2. The van der Waals surface area contributed by atoms with Crippen molar-refractivity contribution in [3.63, 3.8) is 0 Å². The SMILES string of the molecule is CC(C)NC(=O)CCN[C@@H](C)c1ccccc1Cl. The fourth-order valence-electron chi connectivity index (χ4n) is 1.73. The molecule has 0 heterocycles. The Balaban J connectivity index is 2.36. The monoisotopic (exact) mass is 268 g/mol. The van der Waals surface area contributed by atoms with Gasteiger partial charge in [-0.15, -0.1) is 0 Å². The molecule has 0 radical (unpaired) electrons. The Morgan fingerprint density at radius 3 is 2.56 bits per heavy atom. The molecule has 18 heavy (non-hydrogen) atoms. The van der Waals surface area contributed by atoms with E-state index in [4.69, 9.17) is 11.6 Å². The number of carbonyl (C=O) groups is 1. The molecule has 100 valence electrons. The Hall–Kier alpha value is -1.06. The van der Waals surface area contributed by atoms with Crippen LogP contribution in [0.3, 0.4) is 0 Å². The summed E-state index contributed by atoms with van der Waals surface area (Å²) in [7, 11) is 0. The molecule has 0 aliphatic carbocycles. The predicted molar refractivity (Wildman–Crippen MR) is 75.8 cm³/mol. The molecule has 1 atom stereocenters. The molecule has 0 saturated heterocycles. The number of benzene rings is 1. The topological polar surface area (TPSA) is 41.1 Å². The fraction of sp³-hybridized carbons (Fsp3) is 0.500. The van der Waals surface area contributed by atoms with E-state index in [9.17, 15) is 4.79 Å². The van der Waals surface area contributed by atoms with Crippen LogP contribution < -0.4 is 10.6 Å². The van der Waals surface area contributed by atoms with Crippen LogP contribution in [0.4, 0.5) is 0 Å². The van der Waals surface area contributed by atoms with Gasteiger partial charge < -0.3 is 10.6 Å². The summed E-state index contributed by atoms with van der Waals surface area (Å²) in [6, 6.07) is 8.08. The zero-order chi connectivity index (χ0) is 13.5. The van der Waals surface area contributed by atoms with E-state index in [0.717, 1.165) is 10.6 Å². The molecule has 0 aromatic heterocycles. The first kappa shape index (κ1) is 15.0. The predicted octanol–water partition coefficient (Wildman–Crippen LogP) is 2.91. The average molecular weight is 269 g/mol. The zero-order valence-electron chi connectivity index (χ0n) is 11.2. The minimum absolute atomic E-state index is 0.0730. The van der Waals surface area contributed by atoms with Crippen molar-refractivity contribution in [2.75, 3.05) is 6.54 Å². The van der Waals surface area contributed by atoms with Crippen molar-refractivity contribution in [1.82, 2.24) is 10.6 Å². The molecule has 2 N–H and O–H groups in total. The molecule has 4 heteroatoms. The van der Waals surface area contributed by atoms with Crippen molar-refractivity contribution >= 4 is 17.5 Å². The molecule has 0 aliphatic heterocycles. The number of carbonyl (C=O) groups excluding carboxylic acids is 1. The molecule has 0 aliphatic rings. The van der Waals surface area contributed by atoms with E-state index in [1.165, 1.54) is 0 Å². The highest BCUT2D eigenvalue weighted by Gasteiger charge is 2.09. The lowest BCUT2D eigenvalue weighted by atomic mass is 10.1. The van der Waals surface area contributed by atoms with Crippen LogP contribution in [0.15, 0.2) is 24.3 Å². The Bertz CT molecular complexity index is 393. The summed E-state index contributed by atoms with van der Waals surface area (Å²) in [4.78, 5) is 11.5. The van der Waals surface area contributed by atoms with Gasteiger partial charge in [0.25, 0.3) is 0 Å². The fourth-order valence-corrected chi connectivity index (χ4v) is 2.03. The lowest BCUT2D eigenvalue weighted by Gasteiger charge is -2.16. The quantitative estimate of drug-likeness (QED) is 0.833. The second kappa shape index (κ2) is 7.39. The molecular formula is C14H21ClN2O. The van der Waals surface area contributed by atoms with Crippen LogP contribution in [-0.2, 0) is 4.79 Å². The van der Waals surface area contributed by atoms with E-state index >= 15 is 0 Å². The molecule has 0 spiro atoms. The van der Waals surface area contributed by atoms with Crippen molar-refractivity contribution in [1.29, 1.82) is 0 Å². The minimum atomic E-state index is 0.0730. The lowest BCUT2D eigenvalue weighted by molar-refractivity contribution is -0.121. The van der Waals surface area contributed by atoms with Crippen LogP contribution in [0.2, 0.25) is 5.02 Å². The van der Waals surface area contributed by atoms with Crippen LogP contribution in [0, 0.1) is 0 Å². The Labute approximate surface area is 114 Å². The summed E-state index contributed by atoms with van der Waals surface area (Å²) in [5.74, 6) is 0.0730. The van der Waals surface area contributed by atoms with Gasteiger partial charge in [-0.1, -0.05) is 29.8 Å². The summed E-state index contributed by atoms with van der Waals surface area (Å²) in [6.07, 6.45) is 0.479. The maximum absolute atomic E-state index is 11.5. The largest absolute Gasteiger partial charge is 0.354 e. The zero-order valence-corrected chi connectivity index (χ0v) is 11.9. The maximum atomic E-state index is 11.5. The van der Waals surface area contributed by atoms with Crippen molar-refractivity contribution < 1.29 is 4.79 Å². The molecule has 0 unspecified atom stereocenters. The number of amides is 1. The van der Waals surface area contributed by atoms with Crippen LogP contribution >= 0.6 is 11.6 Å². The van der Waals surface area contributed by atoms with Gasteiger partial charge in [-0.05, 0) is 32.4 Å². The van der Waals surface area contributed by atoms with Crippen molar-refractivity contribution in [3.05, 3.63) is 34.9 Å². The summed E-state index contributed by atoms with van der Waals surface area (Å²) in [6.45, 7) is 6.60. The van der Waals surface area contributed by atoms with Crippen LogP contribution in [0.5, 0.6) is 0 Å². The van der Waals surface area contributed by atoms with E-state index in [1.807, 2.05) is 45.0 Å². The number of halogens is 1.